The van der Waals surface area contributed by atoms with Crippen molar-refractivity contribution in [2.45, 2.75) is 69.6 Å². The van der Waals surface area contributed by atoms with Crippen LogP contribution in [0.25, 0.3) is 0 Å². The first-order chi connectivity index (χ1) is 17.9. The first-order valence-corrected chi connectivity index (χ1v) is 12.4. The number of nitrogens with two attached hydrogens (primary N) is 4. The standard InChI is InChI=1S/C24H40N8O6/c1-14(23(37)38)30-21(35)18(6-4-12-29-24(27)28)31-22(36)19(13-15-7-9-16(33)10-8-15)32-20(34)17(26)5-2-3-11-25/h7-10,14,17-19,33H,2-6,11-13,25-26H2,1H3,(H,30,35)(H,31,36)(H,32,34)(H,37,38)(H4,27,28,29). The number of unbranched alkanes of at least 4 members (excludes halogenated alkanes) is 1. The maximum Gasteiger partial charge on any atom is 0.325 e. The Hall–Kier alpha value is -3.91. The van der Waals surface area contributed by atoms with Gasteiger partial charge in [0.05, 0.1) is 6.04 Å². The van der Waals surface area contributed by atoms with Gasteiger partial charge in [0.1, 0.15) is 23.9 Å². The highest BCUT2D eigenvalue weighted by Crippen LogP contribution is 2.12. The van der Waals surface area contributed by atoms with Gasteiger partial charge in [-0.1, -0.05) is 18.6 Å². The summed E-state index contributed by atoms with van der Waals surface area (Å²) in [4.78, 5) is 53.9. The van der Waals surface area contributed by atoms with Crippen LogP contribution in [-0.4, -0.2) is 77.1 Å². The smallest absolute Gasteiger partial charge is 0.325 e. The zero-order valence-electron chi connectivity index (χ0n) is 21.6. The number of hydrogen-bond acceptors (Lipinski definition) is 8. The predicted molar refractivity (Wildman–Crippen MR) is 142 cm³/mol. The zero-order chi connectivity index (χ0) is 28.7. The minimum atomic E-state index is -1.25. The third-order valence-corrected chi connectivity index (χ3v) is 5.62. The molecule has 0 saturated carbocycles. The summed E-state index contributed by atoms with van der Waals surface area (Å²) in [7, 11) is 0. The van der Waals surface area contributed by atoms with E-state index in [1.807, 2.05) is 0 Å². The Labute approximate surface area is 221 Å². The molecule has 4 unspecified atom stereocenters. The summed E-state index contributed by atoms with van der Waals surface area (Å²) >= 11 is 0. The van der Waals surface area contributed by atoms with Crippen LogP contribution in [0.5, 0.6) is 5.75 Å². The van der Waals surface area contributed by atoms with Crippen LogP contribution in [0, 0.1) is 0 Å². The lowest BCUT2D eigenvalue weighted by atomic mass is 10.0. The van der Waals surface area contributed by atoms with Crippen molar-refractivity contribution < 1.29 is 29.4 Å². The molecular weight excluding hydrogens is 496 g/mol. The van der Waals surface area contributed by atoms with E-state index in [9.17, 15) is 24.3 Å². The van der Waals surface area contributed by atoms with Gasteiger partial charge in [-0.15, -0.1) is 0 Å². The molecule has 0 spiro atoms. The van der Waals surface area contributed by atoms with Gasteiger partial charge in [-0.25, -0.2) is 0 Å². The third kappa shape index (κ3) is 12.4. The van der Waals surface area contributed by atoms with Crippen LogP contribution in [-0.2, 0) is 25.6 Å². The third-order valence-electron chi connectivity index (χ3n) is 5.62. The van der Waals surface area contributed by atoms with E-state index in [0.717, 1.165) is 0 Å². The Morgan fingerprint density at radius 3 is 2.08 bits per heavy atom. The number of guanidine groups is 1. The molecule has 0 heterocycles. The summed E-state index contributed by atoms with van der Waals surface area (Å²) in [6, 6.07) is 1.77. The number of phenolic OH excluding ortho intramolecular Hbond substituents is 1. The molecule has 14 nitrogen and oxygen atoms in total. The van der Waals surface area contributed by atoms with Gasteiger partial charge in [0.2, 0.25) is 17.7 Å². The normalized spacial score (nSPS) is 13.9. The highest BCUT2D eigenvalue weighted by molar-refractivity contribution is 5.94. The molecule has 0 radical (unpaired) electrons. The van der Waals surface area contributed by atoms with Crippen LogP contribution < -0.4 is 38.9 Å². The number of carbonyl (C=O) groups excluding carboxylic acids is 3. The van der Waals surface area contributed by atoms with E-state index in [0.29, 0.717) is 37.8 Å². The number of rotatable bonds is 17. The molecule has 0 aliphatic rings. The molecule has 0 aliphatic heterocycles. The largest absolute Gasteiger partial charge is 0.508 e. The molecule has 0 aromatic heterocycles. The van der Waals surface area contributed by atoms with E-state index in [1.54, 1.807) is 12.1 Å². The highest BCUT2D eigenvalue weighted by atomic mass is 16.4. The van der Waals surface area contributed by atoms with Crippen LogP contribution in [0.1, 0.15) is 44.6 Å². The number of carboxylic acids is 1. The Bertz CT molecular complexity index is 952. The Kier molecular flexibility index (Phi) is 14.2. The number of nitrogens with one attached hydrogen (secondary N) is 3. The molecule has 38 heavy (non-hydrogen) atoms. The monoisotopic (exact) mass is 536 g/mol. The molecule has 1 aromatic carbocycles. The number of nitrogens with zero attached hydrogens (tertiary/aromatic N) is 1. The Morgan fingerprint density at radius 1 is 0.895 bits per heavy atom. The number of benzene rings is 1. The molecule has 13 N–H and O–H groups in total. The van der Waals surface area contributed by atoms with Crippen LogP contribution in [0.3, 0.4) is 0 Å². The van der Waals surface area contributed by atoms with Gasteiger partial charge in [0, 0.05) is 13.0 Å². The van der Waals surface area contributed by atoms with E-state index in [2.05, 4.69) is 20.9 Å². The van der Waals surface area contributed by atoms with E-state index in [4.69, 9.17) is 28.0 Å². The number of carboxylic acid groups (broad SMARTS) is 1. The fourth-order valence-corrected chi connectivity index (χ4v) is 3.42. The molecule has 1 rings (SSSR count). The van der Waals surface area contributed by atoms with Crippen molar-refractivity contribution in [3.8, 4) is 5.75 Å². The van der Waals surface area contributed by atoms with Crippen LogP contribution in [0.2, 0.25) is 0 Å². The Morgan fingerprint density at radius 2 is 1.50 bits per heavy atom. The second-order valence-electron chi connectivity index (χ2n) is 8.90. The van der Waals surface area contributed by atoms with Crippen molar-refractivity contribution in [2.75, 3.05) is 13.1 Å². The van der Waals surface area contributed by atoms with E-state index in [-0.39, 0.29) is 31.1 Å². The SMILES string of the molecule is CC(NC(=O)C(CCCN=C(N)N)NC(=O)C(Cc1ccc(O)cc1)NC(=O)C(N)CCCCN)C(=O)O. The number of hydrogen-bond donors (Lipinski definition) is 9. The number of aliphatic imine (C=N–C) groups is 1. The number of phenols is 1. The maximum atomic E-state index is 13.3. The van der Waals surface area contributed by atoms with Crippen LogP contribution in [0.4, 0.5) is 0 Å². The minimum absolute atomic E-state index is 0.0331. The average molecular weight is 537 g/mol. The van der Waals surface area contributed by atoms with E-state index in [1.165, 1.54) is 19.1 Å². The summed E-state index contributed by atoms with van der Waals surface area (Å²) in [6.45, 7) is 1.94. The topological polar surface area (TPSA) is 261 Å². The molecular formula is C24H40N8O6. The molecule has 0 aliphatic carbocycles. The molecule has 0 saturated heterocycles. The molecule has 0 fully saturated rings. The van der Waals surface area contributed by atoms with Crippen LogP contribution in [0.15, 0.2) is 29.3 Å². The van der Waals surface area contributed by atoms with E-state index < -0.39 is 47.9 Å². The van der Waals surface area contributed by atoms with Gasteiger partial charge >= 0.3 is 5.97 Å². The minimum Gasteiger partial charge on any atom is -0.508 e. The van der Waals surface area contributed by atoms with Crippen molar-refractivity contribution in [2.24, 2.45) is 27.9 Å². The van der Waals surface area contributed by atoms with Crippen LogP contribution >= 0.6 is 0 Å². The molecule has 3 amide bonds. The van der Waals surface area contributed by atoms with Gasteiger partial charge < -0.3 is 49.1 Å². The summed E-state index contributed by atoms with van der Waals surface area (Å²) < 4.78 is 0. The highest BCUT2D eigenvalue weighted by Gasteiger charge is 2.29. The Balaban J connectivity index is 3.08. The molecule has 212 valence electrons. The van der Waals surface area contributed by atoms with E-state index >= 15 is 0 Å². The first-order valence-electron chi connectivity index (χ1n) is 12.4. The lowest BCUT2D eigenvalue weighted by Crippen LogP contribution is -2.57. The molecule has 14 heteroatoms. The zero-order valence-corrected chi connectivity index (χ0v) is 21.6. The van der Waals surface area contributed by atoms with Crippen molar-refractivity contribution in [1.29, 1.82) is 0 Å². The molecule has 4 atom stereocenters. The van der Waals surface area contributed by atoms with Gasteiger partial charge in [-0.2, -0.15) is 0 Å². The number of aliphatic carboxylic acids is 1. The summed E-state index contributed by atoms with van der Waals surface area (Å²) in [5, 5.41) is 26.3. The maximum absolute atomic E-state index is 13.3. The van der Waals surface area contributed by atoms with Gasteiger partial charge in [-0.05, 0) is 56.8 Å². The quantitative estimate of drug-likeness (QED) is 0.0600. The van der Waals surface area contributed by atoms with Gasteiger partial charge in [-0.3, -0.25) is 24.2 Å². The van der Waals surface area contributed by atoms with Crippen molar-refractivity contribution in [3.05, 3.63) is 29.8 Å². The lowest BCUT2D eigenvalue weighted by Gasteiger charge is -2.25. The second-order valence-corrected chi connectivity index (χ2v) is 8.90. The molecule has 1 aromatic rings. The fourth-order valence-electron chi connectivity index (χ4n) is 3.42. The van der Waals surface area contributed by atoms with Crippen molar-refractivity contribution in [1.82, 2.24) is 16.0 Å². The van der Waals surface area contributed by atoms with Crippen molar-refractivity contribution >= 4 is 29.7 Å². The summed E-state index contributed by atoms with van der Waals surface area (Å²) in [6.07, 6.45) is 2.15. The summed E-state index contributed by atoms with van der Waals surface area (Å²) in [5.74, 6) is -3.28. The number of carbonyl (C=O) groups is 4. The van der Waals surface area contributed by atoms with Crippen molar-refractivity contribution in [3.63, 3.8) is 0 Å². The molecule has 0 bridgehead atoms. The predicted octanol–water partition coefficient (Wildman–Crippen LogP) is -2.00. The lowest BCUT2D eigenvalue weighted by molar-refractivity contribution is -0.141. The number of amides is 3. The first kappa shape index (κ1) is 32.1. The van der Waals surface area contributed by atoms with Gasteiger partial charge in [0.15, 0.2) is 5.96 Å². The number of aromatic hydroxyl groups is 1. The average Bonchev–Trinajstić information content (AvgIpc) is 2.86. The van der Waals surface area contributed by atoms with Gasteiger partial charge in [0.25, 0.3) is 0 Å². The fraction of sp³-hybridized carbons (Fsp3) is 0.542. The second kappa shape index (κ2) is 16.8. The summed E-state index contributed by atoms with van der Waals surface area (Å²) in [5.41, 5.74) is 22.8.